The number of fused-ring (bicyclic) bond motifs is 1. The van der Waals surface area contributed by atoms with Crippen molar-refractivity contribution in [2.24, 2.45) is 5.92 Å². The number of piperidine rings is 1. The molecule has 3 atom stereocenters. The minimum atomic E-state index is -0.260. The van der Waals surface area contributed by atoms with Crippen LogP contribution >= 0.6 is 0 Å². The molecule has 1 aliphatic carbocycles. The molecule has 1 heterocycles. The Hall–Kier alpha value is -3.83. The van der Waals surface area contributed by atoms with Crippen molar-refractivity contribution in [3.8, 4) is 0 Å². The van der Waals surface area contributed by atoms with Crippen LogP contribution in [0.15, 0.2) is 97.1 Å². The molecule has 2 N–H and O–H groups in total. The van der Waals surface area contributed by atoms with Gasteiger partial charge in [-0.1, -0.05) is 67.6 Å². The number of hydrogen-bond donors (Lipinski definition) is 2. The largest absolute Gasteiger partial charge is 0.355 e. The fourth-order valence-corrected chi connectivity index (χ4v) is 6.96. The van der Waals surface area contributed by atoms with Gasteiger partial charge in [-0.2, -0.15) is 0 Å². The van der Waals surface area contributed by atoms with Gasteiger partial charge in [-0.15, -0.1) is 0 Å². The van der Waals surface area contributed by atoms with E-state index in [4.69, 9.17) is 5.41 Å². The summed E-state index contributed by atoms with van der Waals surface area (Å²) in [6, 6.07) is 32.4. The first-order chi connectivity index (χ1) is 19.0. The third-order valence-electron chi connectivity index (χ3n) is 8.83. The summed E-state index contributed by atoms with van der Waals surface area (Å²) in [5.74, 6) is 0.240. The van der Waals surface area contributed by atoms with Crippen LogP contribution in [0.1, 0.15) is 34.7 Å². The number of halogens is 2. The molecular formula is C34H35F2N3. The van der Waals surface area contributed by atoms with Gasteiger partial charge >= 0.3 is 0 Å². The minimum Gasteiger partial charge on any atom is -0.355 e. The van der Waals surface area contributed by atoms with Crippen LogP contribution in [0.25, 0.3) is 0 Å². The van der Waals surface area contributed by atoms with E-state index < -0.39 is 0 Å². The molecule has 2 fully saturated rings. The molecule has 0 bridgehead atoms. The summed E-state index contributed by atoms with van der Waals surface area (Å²) >= 11 is 0. The Kier molecular flexibility index (Phi) is 7.37. The van der Waals surface area contributed by atoms with Gasteiger partial charge in [-0.05, 0) is 71.5 Å². The van der Waals surface area contributed by atoms with E-state index in [9.17, 15) is 8.78 Å². The van der Waals surface area contributed by atoms with E-state index in [1.165, 1.54) is 40.6 Å². The molecule has 3 nitrogen and oxygen atoms in total. The maximum atomic E-state index is 13.4. The van der Waals surface area contributed by atoms with Gasteiger partial charge in [0.25, 0.3) is 0 Å². The number of anilines is 2. The van der Waals surface area contributed by atoms with Crippen molar-refractivity contribution in [3.05, 3.63) is 131 Å². The summed E-state index contributed by atoms with van der Waals surface area (Å²) < 4.78 is 22.9. The standard InChI is InChI=1S/C33H32FN3.CH3F/c1-23-17-30(36-28-15-13-27(34)14-16-28)25(19-35)18-29(23)33-22-37(20-24-9-5-3-6-10-24)21-31(33)32(33,2)26-11-7-4-8-12-26;1-2/h3-19,31,35-36H,20-22H2,1-2H3;1H3/t31-,32+,33+;/m0./s1. The Morgan fingerprint density at radius 2 is 1.59 bits per heavy atom. The van der Waals surface area contributed by atoms with Crippen LogP contribution in [-0.4, -0.2) is 31.4 Å². The number of likely N-dealkylation sites (tertiary alicyclic amines) is 1. The lowest BCUT2D eigenvalue weighted by molar-refractivity contribution is 0.260. The van der Waals surface area contributed by atoms with Crippen LogP contribution < -0.4 is 5.32 Å². The van der Waals surface area contributed by atoms with Gasteiger partial charge in [-0.25, -0.2) is 4.39 Å². The van der Waals surface area contributed by atoms with E-state index in [2.05, 4.69) is 96.9 Å². The van der Waals surface area contributed by atoms with Gasteiger partial charge in [0.2, 0.25) is 0 Å². The summed E-state index contributed by atoms with van der Waals surface area (Å²) in [4.78, 5) is 2.60. The molecule has 2 aliphatic rings. The van der Waals surface area contributed by atoms with Gasteiger partial charge < -0.3 is 10.7 Å². The molecule has 1 aliphatic heterocycles. The van der Waals surface area contributed by atoms with Crippen molar-refractivity contribution in [1.82, 2.24) is 4.90 Å². The first-order valence-corrected chi connectivity index (χ1v) is 13.3. The van der Waals surface area contributed by atoms with Crippen LogP contribution in [0.3, 0.4) is 0 Å². The van der Waals surface area contributed by atoms with E-state index in [1.54, 1.807) is 12.1 Å². The predicted octanol–water partition coefficient (Wildman–Crippen LogP) is 7.80. The van der Waals surface area contributed by atoms with Crippen LogP contribution in [0.5, 0.6) is 0 Å². The molecule has 1 saturated carbocycles. The smallest absolute Gasteiger partial charge is 0.123 e. The lowest BCUT2D eigenvalue weighted by Gasteiger charge is -2.31. The van der Waals surface area contributed by atoms with E-state index in [1.807, 2.05) is 0 Å². The first-order valence-electron chi connectivity index (χ1n) is 13.3. The van der Waals surface area contributed by atoms with Gasteiger partial charge in [0.15, 0.2) is 0 Å². The summed E-state index contributed by atoms with van der Waals surface area (Å²) in [6.07, 6.45) is 1.43. The van der Waals surface area contributed by atoms with E-state index >= 15 is 0 Å². The second-order valence-electron chi connectivity index (χ2n) is 10.8. The van der Waals surface area contributed by atoms with Crippen molar-refractivity contribution in [2.45, 2.75) is 31.2 Å². The molecule has 0 radical (unpaired) electrons. The van der Waals surface area contributed by atoms with Crippen molar-refractivity contribution in [2.75, 3.05) is 25.6 Å². The highest BCUT2D eigenvalue weighted by Gasteiger charge is 2.78. The fourth-order valence-electron chi connectivity index (χ4n) is 6.96. The SMILES string of the molecule is CF.Cc1cc(Nc2ccc(F)cc2)c(C=N)cc1[C@]12CN(Cc3ccccc3)C[C@H]1[C@@]2(C)c1ccccc1. The highest BCUT2D eigenvalue weighted by atomic mass is 19.1. The summed E-state index contributed by atoms with van der Waals surface area (Å²) in [5.41, 5.74) is 7.85. The minimum absolute atomic E-state index is 0.0145. The summed E-state index contributed by atoms with van der Waals surface area (Å²) in [7, 11) is 0.500. The number of nitrogens with one attached hydrogen (secondary N) is 2. The number of aryl methyl sites for hydroxylation is 1. The molecule has 4 aromatic carbocycles. The molecular weight excluding hydrogens is 488 g/mol. The molecule has 1 saturated heterocycles. The molecule has 39 heavy (non-hydrogen) atoms. The van der Waals surface area contributed by atoms with E-state index in [0.717, 1.165) is 36.6 Å². The third kappa shape index (κ3) is 4.55. The molecule has 0 amide bonds. The lowest BCUT2D eigenvalue weighted by atomic mass is 9.80. The maximum Gasteiger partial charge on any atom is 0.123 e. The zero-order valence-electron chi connectivity index (χ0n) is 22.7. The highest BCUT2D eigenvalue weighted by Crippen LogP contribution is 2.73. The zero-order valence-corrected chi connectivity index (χ0v) is 22.7. The number of hydrogen-bond acceptors (Lipinski definition) is 3. The van der Waals surface area contributed by atoms with Gasteiger partial charge in [0.1, 0.15) is 5.82 Å². The average Bonchev–Trinajstić information content (AvgIpc) is 3.25. The molecule has 0 spiro atoms. The molecule has 6 rings (SSSR count). The van der Waals surface area contributed by atoms with Crippen molar-refractivity contribution in [1.29, 1.82) is 5.41 Å². The van der Waals surface area contributed by atoms with Crippen molar-refractivity contribution >= 4 is 17.6 Å². The summed E-state index contributed by atoms with van der Waals surface area (Å²) in [5, 5.41) is 11.6. The Labute approximate surface area is 230 Å². The quantitative estimate of drug-likeness (QED) is 0.243. The van der Waals surface area contributed by atoms with Gasteiger partial charge in [-0.3, -0.25) is 9.29 Å². The molecule has 0 aromatic heterocycles. The average molecular weight is 524 g/mol. The third-order valence-corrected chi connectivity index (χ3v) is 8.83. The monoisotopic (exact) mass is 523 g/mol. The lowest BCUT2D eigenvalue weighted by Crippen LogP contribution is -2.35. The topological polar surface area (TPSA) is 39.1 Å². The second-order valence-corrected chi connectivity index (χ2v) is 10.8. The Morgan fingerprint density at radius 1 is 0.949 bits per heavy atom. The number of rotatable bonds is 7. The number of alkyl halides is 1. The summed E-state index contributed by atoms with van der Waals surface area (Å²) in [6.45, 7) is 7.61. The highest BCUT2D eigenvalue weighted by molar-refractivity contribution is 5.88. The van der Waals surface area contributed by atoms with E-state index in [0.29, 0.717) is 13.1 Å². The van der Waals surface area contributed by atoms with Crippen LogP contribution in [-0.2, 0) is 17.4 Å². The van der Waals surface area contributed by atoms with Gasteiger partial charge in [0.05, 0.1) is 7.18 Å². The predicted molar refractivity (Wildman–Crippen MR) is 156 cm³/mol. The number of nitrogens with zero attached hydrogens (tertiary/aromatic N) is 1. The molecule has 4 aromatic rings. The Bertz CT molecular complexity index is 1440. The fraction of sp³-hybridized carbons (Fsp3) is 0.265. The van der Waals surface area contributed by atoms with E-state index in [-0.39, 0.29) is 16.6 Å². The number of benzene rings is 4. The second kappa shape index (κ2) is 10.7. The van der Waals surface area contributed by atoms with Gasteiger partial charge in [0, 0.05) is 53.6 Å². The van der Waals surface area contributed by atoms with Crippen LogP contribution in [0.4, 0.5) is 20.2 Å². The Balaban J connectivity index is 0.00000151. The Morgan fingerprint density at radius 3 is 2.23 bits per heavy atom. The van der Waals surface area contributed by atoms with Crippen molar-refractivity contribution < 1.29 is 8.78 Å². The molecule has 0 unspecified atom stereocenters. The van der Waals surface area contributed by atoms with Crippen LogP contribution in [0.2, 0.25) is 0 Å². The maximum absolute atomic E-state index is 13.4. The first kappa shape index (κ1) is 26.8. The molecule has 200 valence electrons. The zero-order chi connectivity index (χ0) is 27.6. The van der Waals surface area contributed by atoms with Crippen molar-refractivity contribution in [3.63, 3.8) is 0 Å². The normalized spacial score (nSPS) is 23.4. The van der Waals surface area contributed by atoms with Crippen LogP contribution in [0, 0.1) is 24.1 Å². The molecule has 5 heteroatoms.